The topological polar surface area (TPSA) is 289 Å². The number of carbonyl (C=O) groups excluding carboxylic acids is 4. The molecular weight excluding hydrogens is 1090 g/mol. The standard InChI is InChI=1S/C27H22Cl2N4.C22H22N6O7S2.C6H6N2O/c1-17(2)30-24-16-27-25(15-23(24)31-20-11-7-18(28)8-12-20)32-22-5-3-4-6-26(22)33(27)21-13-9-19(29)10-14-21;1-22(2,20(33)34)35-26-13(12-10-37-21(23)24-12)16(29)25-14-17(30)28-15(19(31)32)11(9-36-18(14)28)8-27-6-4-3-5-7-27;7-6(9)5-2-1-3-8-4-5/h3-17,31H,1-2H3;3-7,10,14,18H,8-9H2,1-2H3,(H4-,23,24,25,29,31,32,33,34);1-4H,(H2,7,9)/b;26-13-;/t;14-,18-;/m.1./s1. The Balaban J connectivity index is 0.000000180. The summed E-state index contributed by atoms with van der Waals surface area (Å²) < 4.78 is 3.99. The van der Waals surface area contributed by atoms with Gasteiger partial charge < -0.3 is 46.5 Å². The SMILES string of the molecule is CC(C)(O/N=C(\C(=O)N[C@@H]1C(=O)N2C(C(=O)[O-])=C(C[n+]3ccccc3)CS[C@H]12)c1csc(N)n1)C(=O)O.CC(C)N=c1cc2n(-c3ccc(Cl)cc3)c3ccccc3nc-2cc1Nc1ccc(Cl)cc1.NC(=O)c1cccnc1. The molecule has 10 rings (SSSR count). The van der Waals surface area contributed by atoms with Gasteiger partial charge in [0.25, 0.3) is 11.8 Å². The van der Waals surface area contributed by atoms with Crippen LogP contribution in [0.1, 0.15) is 43.7 Å². The molecule has 404 valence electrons. The number of amides is 3. The number of thiazole rings is 1. The number of anilines is 3. The highest BCUT2D eigenvalue weighted by Crippen LogP contribution is 2.40. The van der Waals surface area contributed by atoms with Crippen LogP contribution in [0.25, 0.3) is 28.1 Å². The Morgan fingerprint density at radius 3 is 2.25 bits per heavy atom. The molecule has 0 bridgehead atoms. The lowest BCUT2D eigenvalue weighted by atomic mass is 10.0. The number of nitrogen functional groups attached to an aromatic ring is 1. The normalized spacial score (nSPS) is 15.3. The molecule has 2 atom stereocenters. The van der Waals surface area contributed by atoms with Crippen molar-refractivity contribution in [3.8, 4) is 17.1 Å². The Morgan fingerprint density at radius 1 is 0.949 bits per heavy atom. The summed E-state index contributed by atoms with van der Waals surface area (Å²) in [6.07, 6.45) is 6.57. The summed E-state index contributed by atoms with van der Waals surface area (Å²) in [6, 6.07) is 35.6. The number of aromatic nitrogens is 5. The van der Waals surface area contributed by atoms with Gasteiger partial charge in [0.05, 0.1) is 50.7 Å². The number of nitrogens with one attached hydrogen (secondary N) is 2. The van der Waals surface area contributed by atoms with E-state index in [9.17, 15) is 34.2 Å². The van der Waals surface area contributed by atoms with Crippen LogP contribution in [0.5, 0.6) is 0 Å². The number of hydrogen-bond donors (Lipinski definition) is 5. The number of nitrogens with two attached hydrogens (primary N) is 2. The quantitative estimate of drug-likeness (QED) is 0.0260. The molecule has 6 heterocycles. The minimum Gasteiger partial charge on any atom is -0.543 e. The van der Waals surface area contributed by atoms with Crippen molar-refractivity contribution in [2.24, 2.45) is 15.9 Å². The van der Waals surface area contributed by atoms with Crippen LogP contribution in [-0.2, 0) is 30.6 Å². The van der Waals surface area contributed by atoms with Crippen molar-refractivity contribution in [3.05, 3.63) is 183 Å². The van der Waals surface area contributed by atoms with E-state index in [2.05, 4.69) is 62.4 Å². The first-order valence-corrected chi connectivity index (χ1v) is 26.8. The second-order valence-corrected chi connectivity index (χ2v) is 21.2. The number of rotatable bonds is 14. The third-order valence-corrected chi connectivity index (χ3v) is 14.3. The number of fused-ring (bicyclic) bond motifs is 3. The Labute approximate surface area is 470 Å². The molecule has 4 aliphatic rings. The molecule has 1 aliphatic carbocycles. The molecule has 1 saturated heterocycles. The molecule has 24 heteroatoms. The van der Waals surface area contributed by atoms with Crippen LogP contribution in [0, 0.1) is 0 Å². The van der Waals surface area contributed by atoms with Crippen molar-refractivity contribution in [2.75, 3.05) is 16.8 Å². The number of halogens is 2. The van der Waals surface area contributed by atoms with Crippen LogP contribution >= 0.6 is 46.3 Å². The van der Waals surface area contributed by atoms with E-state index in [-0.39, 0.29) is 34.8 Å². The van der Waals surface area contributed by atoms with Gasteiger partial charge in [-0.1, -0.05) is 46.6 Å². The lowest BCUT2D eigenvalue weighted by Gasteiger charge is -2.50. The van der Waals surface area contributed by atoms with Crippen LogP contribution < -0.4 is 37.1 Å². The first-order chi connectivity index (χ1) is 37.8. The minimum atomic E-state index is -1.75. The highest BCUT2D eigenvalue weighted by atomic mass is 35.5. The number of benzene rings is 4. The number of carboxylic acids is 2. The van der Waals surface area contributed by atoms with E-state index in [4.69, 9.17) is 49.5 Å². The zero-order valence-corrected chi connectivity index (χ0v) is 45.8. The van der Waals surface area contributed by atoms with Gasteiger partial charge in [-0.25, -0.2) is 19.3 Å². The second kappa shape index (κ2) is 24.7. The number of β-lactam (4-membered cyclic amide) rings is 1. The van der Waals surface area contributed by atoms with Crippen LogP contribution in [0.2, 0.25) is 10.0 Å². The molecule has 7 N–H and O–H groups in total. The van der Waals surface area contributed by atoms with E-state index in [1.54, 1.807) is 47.4 Å². The summed E-state index contributed by atoms with van der Waals surface area (Å²) in [6.45, 7) is 6.89. The van der Waals surface area contributed by atoms with Crippen molar-refractivity contribution < 1.29 is 43.6 Å². The first-order valence-electron chi connectivity index (χ1n) is 24.1. The van der Waals surface area contributed by atoms with Crippen molar-refractivity contribution in [2.45, 2.75) is 57.3 Å². The van der Waals surface area contributed by atoms with Gasteiger partial charge in [0.15, 0.2) is 29.8 Å². The average Bonchev–Trinajstić information content (AvgIpc) is 3.99. The highest BCUT2D eigenvalue weighted by molar-refractivity contribution is 8.00. The smallest absolute Gasteiger partial charge is 0.350 e. The molecule has 3 amide bonds. The zero-order valence-electron chi connectivity index (χ0n) is 42.6. The number of thioether (sulfide) groups is 1. The van der Waals surface area contributed by atoms with Crippen LogP contribution in [0.15, 0.2) is 167 Å². The Morgan fingerprint density at radius 2 is 1.65 bits per heavy atom. The maximum Gasteiger partial charge on any atom is 0.350 e. The van der Waals surface area contributed by atoms with E-state index in [1.165, 1.54) is 37.2 Å². The maximum absolute atomic E-state index is 13.1. The summed E-state index contributed by atoms with van der Waals surface area (Å²) >= 11 is 14.6. The monoisotopic (exact) mass is 1140 g/mol. The lowest BCUT2D eigenvalue weighted by molar-refractivity contribution is -0.689. The number of nitrogens with zero attached hydrogens (tertiary/aromatic N) is 8. The maximum atomic E-state index is 13.1. The summed E-state index contributed by atoms with van der Waals surface area (Å²) in [4.78, 5) is 83.6. The molecular formula is C55H50Cl2N12O8S2. The molecule has 6 aromatic rings. The predicted molar refractivity (Wildman–Crippen MR) is 300 cm³/mol. The van der Waals surface area contributed by atoms with Gasteiger partial charge in [0.1, 0.15) is 17.1 Å². The largest absolute Gasteiger partial charge is 0.543 e. The number of oxime groups is 1. The van der Waals surface area contributed by atoms with Crippen molar-refractivity contribution in [1.29, 1.82) is 0 Å². The molecule has 0 unspecified atom stereocenters. The molecule has 3 aromatic heterocycles. The molecule has 0 spiro atoms. The van der Waals surface area contributed by atoms with Gasteiger partial charge in [-0.15, -0.1) is 23.1 Å². The molecule has 3 aromatic carbocycles. The number of carbonyl (C=O) groups is 5. The molecule has 20 nitrogen and oxygen atoms in total. The molecule has 79 heavy (non-hydrogen) atoms. The van der Waals surface area contributed by atoms with Crippen molar-refractivity contribution >= 4 is 109 Å². The average molecular weight is 1140 g/mol. The first kappa shape index (κ1) is 56.5. The van der Waals surface area contributed by atoms with E-state index < -0.39 is 46.7 Å². The number of carboxylic acid groups (broad SMARTS) is 2. The fourth-order valence-electron chi connectivity index (χ4n) is 7.96. The van der Waals surface area contributed by atoms with Gasteiger partial charge in [-0.05, 0) is 113 Å². The van der Waals surface area contributed by atoms with Gasteiger partial charge in [0.2, 0.25) is 11.5 Å². The highest BCUT2D eigenvalue weighted by Gasteiger charge is 2.53. The van der Waals surface area contributed by atoms with E-state index in [0.29, 0.717) is 26.9 Å². The van der Waals surface area contributed by atoms with Crippen molar-refractivity contribution in [1.82, 2.24) is 29.7 Å². The second-order valence-electron chi connectivity index (χ2n) is 18.3. The number of pyridine rings is 2. The van der Waals surface area contributed by atoms with Crippen LogP contribution in [-0.4, -0.2) is 93.7 Å². The Hall–Kier alpha value is -8.70. The van der Waals surface area contributed by atoms with E-state index in [1.807, 2.05) is 72.8 Å². The summed E-state index contributed by atoms with van der Waals surface area (Å²) in [5.74, 6) is -4.45. The number of primary amides is 1. The van der Waals surface area contributed by atoms with Gasteiger partial charge in [-0.2, -0.15) is 0 Å². The lowest BCUT2D eigenvalue weighted by Crippen LogP contribution is -2.71. The molecule has 0 radical (unpaired) electrons. The number of para-hydroxylation sites is 2. The van der Waals surface area contributed by atoms with Crippen LogP contribution in [0.4, 0.5) is 16.5 Å². The summed E-state index contributed by atoms with van der Waals surface area (Å²) in [7, 11) is 0. The predicted octanol–water partition coefficient (Wildman–Crippen LogP) is 6.37. The minimum absolute atomic E-state index is 0.0265. The third-order valence-electron chi connectivity index (χ3n) is 11.8. The third kappa shape index (κ3) is 13.5. The van der Waals surface area contributed by atoms with Gasteiger partial charge >= 0.3 is 5.97 Å². The van der Waals surface area contributed by atoms with E-state index >= 15 is 0 Å². The van der Waals surface area contributed by atoms with Crippen molar-refractivity contribution in [3.63, 3.8) is 0 Å². The summed E-state index contributed by atoms with van der Waals surface area (Å²) in [5, 5.41) is 34.1. The summed E-state index contributed by atoms with van der Waals surface area (Å²) in [5.41, 5.74) is 15.8. The van der Waals surface area contributed by atoms with Crippen LogP contribution in [0.3, 0.4) is 0 Å². The zero-order chi connectivity index (χ0) is 56.5. The Bertz CT molecular complexity index is 3670. The fraction of sp³-hybridized carbons (Fsp3) is 0.182. The fourth-order valence-corrected chi connectivity index (χ4v) is 10.1. The molecule has 0 saturated carbocycles. The van der Waals surface area contributed by atoms with Gasteiger partial charge in [0, 0.05) is 68.7 Å². The number of aliphatic carboxylic acids is 2. The van der Waals surface area contributed by atoms with Gasteiger partial charge in [-0.3, -0.25) is 29.3 Å². The molecule has 3 aliphatic heterocycles. The number of hydrogen-bond acceptors (Lipinski definition) is 16. The Kier molecular flexibility index (Phi) is 17.7. The molecule has 1 fully saturated rings. The van der Waals surface area contributed by atoms with E-state index in [0.717, 1.165) is 61.1 Å².